The highest BCUT2D eigenvalue weighted by Crippen LogP contribution is 2.29. The van der Waals surface area contributed by atoms with Crippen LogP contribution in [-0.2, 0) is 16.6 Å². The van der Waals surface area contributed by atoms with Gasteiger partial charge in [-0.15, -0.1) is 0 Å². The largest absolute Gasteiger partial charge is 0.326 e. The first-order chi connectivity index (χ1) is 9.85. The summed E-state index contributed by atoms with van der Waals surface area (Å²) in [4.78, 5) is 0.216. The second-order valence-corrected chi connectivity index (χ2v) is 7.85. The minimum Gasteiger partial charge on any atom is -0.326 e. The summed E-state index contributed by atoms with van der Waals surface area (Å²) in [6.45, 7) is 2.02. The Labute approximate surface area is 141 Å². The maximum Gasteiger partial charge on any atom is 0.262 e. The third-order valence-corrected chi connectivity index (χ3v) is 6.01. The number of nitrogens with one attached hydrogen (secondary N) is 1. The summed E-state index contributed by atoms with van der Waals surface area (Å²) >= 11 is 6.70. The highest BCUT2D eigenvalue weighted by atomic mass is 79.9. The lowest BCUT2D eigenvalue weighted by molar-refractivity contribution is 0.600. The molecule has 0 aliphatic carbocycles. The Morgan fingerprint density at radius 1 is 1.14 bits per heavy atom. The van der Waals surface area contributed by atoms with E-state index in [0.717, 1.165) is 10.0 Å². The molecule has 0 aliphatic heterocycles. The Kier molecular flexibility index (Phi) is 5.08. The molecule has 2 rings (SSSR count). The normalized spacial score (nSPS) is 11.4. The molecule has 0 atom stereocenters. The van der Waals surface area contributed by atoms with Gasteiger partial charge in [0.05, 0.1) is 10.6 Å². The first-order valence-corrected chi connectivity index (χ1v) is 9.18. The number of nitrogens with two attached hydrogens (primary N) is 1. The van der Waals surface area contributed by atoms with Crippen LogP contribution in [0.25, 0.3) is 0 Å². The number of hydrogen-bond donors (Lipinski definition) is 2. The summed E-state index contributed by atoms with van der Waals surface area (Å²) < 4.78 is 29.2. The number of hydrogen-bond acceptors (Lipinski definition) is 3. The predicted molar refractivity (Wildman–Crippen MR) is 91.7 cm³/mol. The van der Waals surface area contributed by atoms with E-state index < -0.39 is 10.0 Å². The number of sulfonamides is 1. The molecule has 2 aromatic rings. The molecule has 0 fully saturated rings. The average molecular weight is 434 g/mol. The summed E-state index contributed by atoms with van der Waals surface area (Å²) in [5.74, 6) is 0. The van der Waals surface area contributed by atoms with E-state index in [4.69, 9.17) is 5.73 Å². The standard InChI is InChI=1S/C14H14Br2N2O2S/c1-9-12(16)6-10(8-17)7-14(9)21(19,20)18-13-5-3-2-4-11(13)15/h2-7,18H,8,17H2,1H3. The molecule has 0 bridgehead atoms. The molecule has 0 spiro atoms. The molecule has 0 amide bonds. The molecular weight excluding hydrogens is 420 g/mol. The second kappa shape index (κ2) is 6.48. The number of para-hydroxylation sites is 1. The molecule has 2 aromatic carbocycles. The van der Waals surface area contributed by atoms with Crippen LogP contribution in [0.4, 0.5) is 5.69 Å². The van der Waals surface area contributed by atoms with Gasteiger partial charge in [0.2, 0.25) is 0 Å². The van der Waals surface area contributed by atoms with E-state index in [1.54, 1.807) is 31.2 Å². The SMILES string of the molecule is Cc1c(Br)cc(CN)cc1S(=O)(=O)Nc1ccccc1Br. The molecular formula is C14H14Br2N2O2S. The van der Waals surface area contributed by atoms with Crippen LogP contribution in [0, 0.1) is 6.92 Å². The second-order valence-electron chi connectivity index (χ2n) is 4.49. The van der Waals surface area contributed by atoms with Crippen LogP contribution < -0.4 is 10.5 Å². The third kappa shape index (κ3) is 3.66. The van der Waals surface area contributed by atoms with Crippen molar-refractivity contribution in [1.29, 1.82) is 0 Å². The minimum atomic E-state index is -3.69. The highest BCUT2D eigenvalue weighted by molar-refractivity contribution is 9.11. The van der Waals surface area contributed by atoms with Crippen molar-refractivity contribution in [3.8, 4) is 0 Å². The molecule has 4 nitrogen and oxygen atoms in total. The maximum absolute atomic E-state index is 12.6. The molecule has 112 valence electrons. The van der Waals surface area contributed by atoms with Crippen molar-refractivity contribution in [1.82, 2.24) is 0 Å². The molecule has 0 aromatic heterocycles. The fraction of sp³-hybridized carbons (Fsp3) is 0.143. The van der Waals surface area contributed by atoms with Crippen LogP contribution >= 0.6 is 31.9 Å². The Morgan fingerprint density at radius 3 is 2.43 bits per heavy atom. The van der Waals surface area contributed by atoms with Crippen molar-refractivity contribution in [2.45, 2.75) is 18.4 Å². The van der Waals surface area contributed by atoms with Gasteiger partial charge in [0.1, 0.15) is 0 Å². The lowest BCUT2D eigenvalue weighted by Crippen LogP contribution is -2.15. The van der Waals surface area contributed by atoms with E-state index in [-0.39, 0.29) is 11.4 Å². The number of halogens is 2. The molecule has 0 saturated heterocycles. The fourth-order valence-corrected chi connectivity index (χ4v) is 4.40. The van der Waals surface area contributed by atoms with E-state index in [0.29, 0.717) is 15.7 Å². The Morgan fingerprint density at radius 2 is 1.81 bits per heavy atom. The predicted octanol–water partition coefficient (Wildman–Crippen LogP) is 3.78. The van der Waals surface area contributed by atoms with Crippen molar-refractivity contribution < 1.29 is 8.42 Å². The van der Waals surface area contributed by atoms with Crippen molar-refractivity contribution in [2.75, 3.05) is 4.72 Å². The van der Waals surface area contributed by atoms with E-state index >= 15 is 0 Å². The molecule has 7 heteroatoms. The van der Waals surface area contributed by atoms with Gasteiger partial charge in [-0.05, 0) is 58.2 Å². The summed E-state index contributed by atoms with van der Waals surface area (Å²) in [5, 5.41) is 0. The Balaban J connectivity index is 2.50. The van der Waals surface area contributed by atoms with Crippen molar-refractivity contribution in [3.63, 3.8) is 0 Å². The van der Waals surface area contributed by atoms with Crippen LogP contribution in [0.5, 0.6) is 0 Å². The lowest BCUT2D eigenvalue weighted by atomic mass is 10.1. The highest BCUT2D eigenvalue weighted by Gasteiger charge is 2.20. The van der Waals surface area contributed by atoms with Crippen LogP contribution in [-0.4, -0.2) is 8.42 Å². The third-order valence-electron chi connectivity index (χ3n) is 3.00. The summed E-state index contributed by atoms with van der Waals surface area (Å²) in [5.41, 5.74) is 7.50. The minimum absolute atomic E-state index is 0.216. The first kappa shape index (κ1) is 16.5. The monoisotopic (exact) mass is 432 g/mol. The summed E-state index contributed by atoms with van der Waals surface area (Å²) in [7, 11) is -3.69. The van der Waals surface area contributed by atoms with Gasteiger partial charge in [-0.25, -0.2) is 8.42 Å². The van der Waals surface area contributed by atoms with Gasteiger partial charge in [-0.3, -0.25) is 4.72 Å². The van der Waals surface area contributed by atoms with Gasteiger partial charge in [0.15, 0.2) is 0 Å². The maximum atomic E-state index is 12.6. The molecule has 0 heterocycles. The van der Waals surface area contributed by atoms with Crippen molar-refractivity contribution >= 4 is 47.6 Å². The molecule has 0 aliphatic rings. The molecule has 0 radical (unpaired) electrons. The lowest BCUT2D eigenvalue weighted by Gasteiger charge is -2.14. The number of rotatable bonds is 4. The molecule has 0 unspecified atom stereocenters. The van der Waals surface area contributed by atoms with Gasteiger partial charge >= 0.3 is 0 Å². The number of anilines is 1. The van der Waals surface area contributed by atoms with E-state index in [1.165, 1.54) is 0 Å². The smallest absolute Gasteiger partial charge is 0.262 e. The Bertz CT molecular complexity index is 777. The first-order valence-electron chi connectivity index (χ1n) is 6.11. The summed E-state index contributed by atoms with van der Waals surface area (Å²) in [6.07, 6.45) is 0. The van der Waals surface area contributed by atoms with Crippen molar-refractivity contribution in [3.05, 3.63) is 56.5 Å². The summed E-state index contributed by atoms with van der Waals surface area (Å²) in [6, 6.07) is 10.5. The molecule has 21 heavy (non-hydrogen) atoms. The van der Waals surface area contributed by atoms with Gasteiger partial charge in [-0.2, -0.15) is 0 Å². The molecule has 3 N–H and O–H groups in total. The van der Waals surface area contributed by atoms with Gasteiger partial charge < -0.3 is 5.73 Å². The van der Waals surface area contributed by atoms with Gasteiger partial charge in [-0.1, -0.05) is 28.1 Å². The zero-order chi connectivity index (χ0) is 15.6. The Hall–Kier alpha value is -0.890. The van der Waals surface area contributed by atoms with E-state index in [9.17, 15) is 8.42 Å². The van der Waals surface area contributed by atoms with Gasteiger partial charge in [0.25, 0.3) is 10.0 Å². The van der Waals surface area contributed by atoms with Crippen LogP contribution in [0.1, 0.15) is 11.1 Å². The zero-order valence-electron chi connectivity index (χ0n) is 11.2. The topological polar surface area (TPSA) is 72.2 Å². The quantitative estimate of drug-likeness (QED) is 0.770. The van der Waals surface area contributed by atoms with Crippen LogP contribution in [0.15, 0.2) is 50.2 Å². The molecule has 0 saturated carbocycles. The van der Waals surface area contributed by atoms with Crippen LogP contribution in [0.2, 0.25) is 0 Å². The van der Waals surface area contributed by atoms with Crippen LogP contribution in [0.3, 0.4) is 0 Å². The number of benzene rings is 2. The fourth-order valence-electron chi connectivity index (χ4n) is 1.85. The van der Waals surface area contributed by atoms with Gasteiger partial charge in [0, 0.05) is 15.5 Å². The zero-order valence-corrected chi connectivity index (χ0v) is 15.2. The average Bonchev–Trinajstić information content (AvgIpc) is 2.43. The van der Waals surface area contributed by atoms with E-state index in [2.05, 4.69) is 36.6 Å². The van der Waals surface area contributed by atoms with E-state index in [1.807, 2.05) is 12.1 Å². The van der Waals surface area contributed by atoms with Crippen molar-refractivity contribution in [2.24, 2.45) is 5.73 Å².